The van der Waals surface area contributed by atoms with Gasteiger partial charge in [0.1, 0.15) is 6.10 Å². The Hall–Kier alpha value is -1.26. The standard InChI is InChI=1S/C15H21ClN2O2/c1-10-6-7-12(8-13(10)16)18-15(19)20-14-5-3-2-4-11(14)9-17/h6-8,11,14H,2-5,9,17H2,1H3,(H,18,19). The van der Waals surface area contributed by atoms with E-state index in [0.717, 1.165) is 31.2 Å². The molecule has 0 saturated heterocycles. The SMILES string of the molecule is Cc1ccc(NC(=O)OC2CCCCC2CN)cc1Cl. The minimum atomic E-state index is -0.435. The van der Waals surface area contributed by atoms with E-state index in [0.29, 0.717) is 17.3 Å². The number of carbonyl (C=O) groups excluding carboxylic acids is 1. The van der Waals surface area contributed by atoms with E-state index in [2.05, 4.69) is 5.32 Å². The van der Waals surface area contributed by atoms with Crippen LogP contribution in [-0.4, -0.2) is 18.7 Å². The Kier molecular flexibility index (Phi) is 5.26. The van der Waals surface area contributed by atoms with Gasteiger partial charge >= 0.3 is 6.09 Å². The van der Waals surface area contributed by atoms with Crippen LogP contribution < -0.4 is 11.1 Å². The van der Waals surface area contributed by atoms with Gasteiger partial charge in [0.05, 0.1) is 0 Å². The van der Waals surface area contributed by atoms with Gasteiger partial charge in [-0.25, -0.2) is 4.79 Å². The molecular weight excluding hydrogens is 276 g/mol. The topological polar surface area (TPSA) is 64.3 Å². The molecule has 0 spiro atoms. The first-order valence-electron chi connectivity index (χ1n) is 7.04. The number of amides is 1. The van der Waals surface area contributed by atoms with Crippen LogP contribution in [0.3, 0.4) is 0 Å². The summed E-state index contributed by atoms with van der Waals surface area (Å²) in [5.74, 6) is 0.274. The van der Waals surface area contributed by atoms with Gasteiger partial charge in [0, 0.05) is 16.6 Å². The number of anilines is 1. The summed E-state index contributed by atoms with van der Waals surface area (Å²) >= 11 is 6.03. The average molecular weight is 297 g/mol. The van der Waals surface area contributed by atoms with Gasteiger partial charge in [-0.15, -0.1) is 0 Å². The lowest BCUT2D eigenvalue weighted by atomic mass is 9.86. The van der Waals surface area contributed by atoms with Gasteiger partial charge in [0.15, 0.2) is 0 Å². The third-order valence-electron chi connectivity index (χ3n) is 3.82. The van der Waals surface area contributed by atoms with Crippen LogP contribution in [0.15, 0.2) is 18.2 Å². The van der Waals surface area contributed by atoms with Crippen molar-refractivity contribution >= 4 is 23.4 Å². The van der Waals surface area contributed by atoms with E-state index in [1.165, 1.54) is 0 Å². The van der Waals surface area contributed by atoms with Crippen LogP contribution in [0.1, 0.15) is 31.2 Å². The fraction of sp³-hybridized carbons (Fsp3) is 0.533. The number of hydrogen-bond acceptors (Lipinski definition) is 3. The summed E-state index contributed by atoms with van der Waals surface area (Å²) in [6.45, 7) is 2.48. The maximum Gasteiger partial charge on any atom is 0.411 e. The van der Waals surface area contributed by atoms with E-state index in [1.54, 1.807) is 6.07 Å². The molecule has 1 saturated carbocycles. The lowest BCUT2D eigenvalue weighted by Crippen LogP contribution is -2.35. The van der Waals surface area contributed by atoms with E-state index in [4.69, 9.17) is 22.1 Å². The van der Waals surface area contributed by atoms with Crippen molar-refractivity contribution in [3.8, 4) is 0 Å². The molecule has 3 N–H and O–H groups in total. The van der Waals surface area contributed by atoms with Crippen LogP contribution in [0.2, 0.25) is 5.02 Å². The van der Waals surface area contributed by atoms with E-state index in [1.807, 2.05) is 19.1 Å². The first-order valence-corrected chi connectivity index (χ1v) is 7.42. The zero-order valence-corrected chi connectivity index (χ0v) is 12.5. The maximum atomic E-state index is 11.9. The number of hydrogen-bond donors (Lipinski definition) is 2. The Morgan fingerprint density at radius 2 is 2.20 bits per heavy atom. The summed E-state index contributed by atoms with van der Waals surface area (Å²) in [7, 11) is 0. The lowest BCUT2D eigenvalue weighted by molar-refractivity contribution is 0.0489. The molecule has 5 heteroatoms. The molecule has 0 heterocycles. The molecule has 1 aromatic rings. The van der Waals surface area contributed by atoms with Gasteiger partial charge in [-0.05, 0) is 50.4 Å². The van der Waals surface area contributed by atoms with Crippen LogP contribution in [0.4, 0.5) is 10.5 Å². The van der Waals surface area contributed by atoms with Crippen molar-refractivity contribution in [2.75, 3.05) is 11.9 Å². The molecule has 20 heavy (non-hydrogen) atoms. The number of nitrogens with two attached hydrogens (primary N) is 1. The molecule has 110 valence electrons. The molecule has 0 radical (unpaired) electrons. The second kappa shape index (κ2) is 6.95. The monoisotopic (exact) mass is 296 g/mol. The van der Waals surface area contributed by atoms with Crippen LogP contribution in [0.5, 0.6) is 0 Å². The van der Waals surface area contributed by atoms with Crippen LogP contribution in [0, 0.1) is 12.8 Å². The normalized spacial score (nSPS) is 22.4. The van der Waals surface area contributed by atoms with Gasteiger partial charge in [0.25, 0.3) is 0 Å². The highest BCUT2D eigenvalue weighted by molar-refractivity contribution is 6.31. The Bertz CT molecular complexity index is 479. The quantitative estimate of drug-likeness (QED) is 0.893. The Labute approximate surface area is 124 Å². The molecule has 1 amide bonds. The van der Waals surface area contributed by atoms with Crippen molar-refractivity contribution in [1.29, 1.82) is 0 Å². The largest absolute Gasteiger partial charge is 0.446 e. The minimum absolute atomic E-state index is 0.0744. The molecule has 1 fully saturated rings. The van der Waals surface area contributed by atoms with Crippen molar-refractivity contribution in [2.24, 2.45) is 11.7 Å². The molecule has 0 aromatic heterocycles. The smallest absolute Gasteiger partial charge is 0.411 e. The van der Waals surface area contributed by atoms with Crippen molar-refractivity contribution in [3.63, 3.8) is 0 Å². The number of ether oxygens (including phenoxy) is 1. The molecular formula is C15H21ClN2O2. The predicted octanol–water partition coefficient (Wildman–Crippen LogP) is 3.71. The fourth-order valence-electron chi connectivity index (χ4n) is 2.55. The van der Waals surface area contributed by atoms with Gasteiger partial charge in [0.2, 0.25) is 0 Å². The molecule has 0 aliphatic heterocycles. The molecule has 4 nitrogen and oxygen atoms in total. The Balaban J connectivity index is 1.92. The zero-order valence-electron chi connectivity index (χ0n) is 11.7. The van der Waals surface area contributed by atoms with Gasteiger partial charge in [-0.2, -0.15) is 0 Å². The fourth-order valence-corrected chi connectivity index (χ4v) is 2.73. The van der Waals surface area contributed by atoms with Crippen molar-refractivity contribution in [2.45, 2.75) is 38.7 Å². The van der Waals surface area contributed by atoms with Crippen molar-refractivity contribution in [1.82, 2.24) is 0 Å². The second-order valence-corrected chi connectivity index (χ2v) is 5.72. The number of rotatable bonds is 3. The number of halogens is 1. The summed E-state index contributed by atoms with van der Waals surface area (Å²) in [4.78, 5) is 11.9. The van der Waals surface area contributed by atoms with E-state index < -0.39 is 6.09 Å². The van der Waals surface area contributed by atoms with Crippen LogP contribution in [0.25, 0.3) is 0 Å². The molecule has 2 rings (SSSR count). The van der Waals surface area contributed by atoms with E-state index >= 15 is 0 Å². The number of nitrogens with one attached hydrogen (secondary N) is 1. The molecule has 1 aromatic carbocycles. The number of carbonyl (C=O) groups is 1. The number of benzene rings is 1. The first kappa shape index (κ1) is 15.1. The molecule has 1 aliphatic carbocycles. The summed E-state index contributed by atoms with van der Waals surface area (Å²) < 4.78 is 5.50. The van der Waals surface area contributed by atoms with Gasteiger partial charge in [-0.1, -0.05) is 24.1 Å². The minimum Gasteiger partial charge on any atom is -0.446 e. The molecule has 0 bridgehead atoms. The van der Waals surface area contributed by atoms with Crippen LogP contribution in [-0.2, 0) is 4.74 Å². The summed E-state index contributed by atoms with van der Waals surface area (Å²) in [5, 5.41) is 3.34. The van der Waals surface area contributed by atoms with Crippen LogP contribution >= 0.6 is 11.6 Å². The second-order valence-electron chi connectivity index (χ2n) is 5.31. The van der Waals surface area contributed by atoms with Crippen molar-refractivity contribution in [3.05, 3.63) is 28.8 Å². The Morgan fingerprint density at radius 3 is 2.90 bits per heavy atom. The molecule has 2 atom stereocenters. The van der Waals surface area contributed by atoms with Crippen molar-refractivity contribution < 1.29 is 9.53 Å². The Morgan fingerprint density at radius 1 is 1.45 bits per heavy atom. The number of aryl methyl sites for hydroxylation is 1. The lowest BCUT2D eigenvalue weighted by Gasteiger charge is -2.30. The van der Waals surface area contributed by atoms with E-state index in [9.17, 15) is 4.79 Å². The maximum absolute atomic E-state index is 11.9. The average Bonchev–Trinajstić information content (AvgIpc) is 2.43. The highest BCUT2D eigenvalue weighted by Gasteiger charge is 2.27. The van der Waals surface area contributed by atoms with E-state index in [-0.39, 0.29) is 12.0 Å². The first-order chi connectivity index (χ1) is 9.60. The highest BCUT2D eigenvalue weighted by atomic mass is 35.5. The third-order valence-corrected chi connectivity index (χ3v) is 4.23. The highest BCUT2D eigenvalue weighted by Crippen LogP contribution is 2.27. The van der Waals surface area contributed by atoms with Gasteiger partial charge in [-0.3, -0.25) is 5.32 Å². The predicted molar refractivity (Wildman–Crippen MR) is 81.1 cm³/mol. The molecule has 2 unspecified atom stereocenters. The summed E-state index contributed by atoms with van der Waals surface area (Å²) in [6, 6.07) is 5.39. The zero-order chi connectivity index (χ0) is 14.5. The summed E-state index contributed by atoms with van der Waals surface area (Å²) in [6.07, 6.45) is 3.67. The van der Waals surface area contributed by atoms with Gasteiger partial charge < -0.3 is 10.5 Å². The summed E-state index contributed by atoms with van der Waals surface area (Å²) in [5.41, 5.74) is 7.35. The third kappa shape index (κ3) is 3.87. The molecule has 1 aliphatic rings.